The summed E-state index contributed by atoms with van der Waals surface area (Å²) in [6, 6.07) is 9.64. The van der Waals surface area contributed by atoms with E-state index in [1.54, 1.807) is 11.3 Å². The normalized spacial score (nSPS) is 19.6. The average Bonchev–Trinajstić information content (AvgIpc) is 2.83. The topological polar surface area (TPSA) is 18.5 Å². The largest absolute Gasteiger partial charge is 0.486 e. The second-order valence-corrected chi connectivity index (χ2v) is 6.22. The second-order valence-electron chi connectivity index (χ2n) is 3.95. The SMILES string of the molecule is ClC(c1sccc1Br)C1COc2ccccc2O1. The molecule has 1 aromatic carbocycles. The monoisotopic (exact) mass is 344 g/mol. The number of rotatable bonds is 2. The quantitative estimate of drug-likeness (QED) is 0.739. The highest BCUT2D eigenvalue weighted by Gasteiger charge is 2.30. The number of thiophene rings is 1. The van der Waals surface area contributed by atoms with Crippen LogP contribution in [0.4, 0.5) is 0 Å². The summed E-state index contributed by atoms with van der Waals surface area (Å²) in [5.41, 5.74) is 0. The van der Waals surface area contributed by atoms with Crippen LogP contribution < -0.4 is 9.47 Å². The molecule has 2 heterocycles. The van der Waals surface area contributed by atoms with E-state index < -0.39 is 0 Å². The first-order valence-corrected chi connectivity index (χ1v) is 7.62. The molecule has 1 aromatic heterocycles. The van der Waals surface area contributed by atoms with Crippen LogP contribution in [0.5, 0.6) is 11.5 Å². The zero-order valence-corrected chi connectivity index (χ0v) is 12.5. The minimum Gasteiger partial charge on any atom is -0.486 e. The van der Waals surface area contributed by atoms with Crippen molar-refractivity contribution in [1.82, 2.24) is 0 Å². The molecule has 0 bridgehead atoms. The van der Waals surface area contributed by atoms with Crippen LogP contribution in [0.3, 0.4) is 0 Å². The summed E-state index contributed by atoms with van der Waals surface area (Å²) in [5.74, 6) is 1.54. The maximum absolute atomic E-state index is 6.47. The molecule has 18 heavy (non-hydrogen) atoms. The van der Waals surface area contributed by atoms with Crippen LogP contribution in [-0.4, -0.2) is 12.7 Å². The summed E-state index contributed by atoms with van der Waals surface area (Å²) in [4.78, 5) is 1.07. The minimum absolute atomic E-state index is 0.170. The predicted molar refractivity (Wildman–Crippen MR) is 77.0 cm³/mol. The van der Waals surface area contributed by atoms with E-state index in [1.807, 2.05) is 35.7 Å². The van der Waals surface area contributed by atoms with E-state index in [2.05, 4.69) is 15.9 Å². The molecule has 1 aliphatic rings. The molecule has 0 fully saturated rings. The van der Waals surface area contributed by atoms with Crippen LogP contribution in [0.25, 0.3) is 0 Å². The summed E-state index contributed by atoms with van der Waals surface area (Å²) in [7, 11) is 0. The fourth-order valence-electron chi connectivity index (χ4n) is 1.85. The van der Waals surface area contributed by atoms with Gasteiger partial charge >= 0.3 is 0 Å². The Morgan fingerprint density at radius 3 is 2.78 bits per heavy atom. The van der Waals surface area contributed by atoms with Crippen LogP contribution in [0, 0.1) is 0 Å². The number of fused-ring (bicyclic) bond motifs is 1. The first kappa shape index (κ1) is 12.3. The number of hydrogen-bond acceptors (Lipinski definition) is 3. The van der Waals surface area contributed by atoms with Gasteiger partial charge < -0.3 is 9.47 Å². The molecular weight excluding hydrogens is 336 g/mol. The van der Waals surface area contributed by atoms with Gasteiger partial charge in [-0.15, -0.1) is 22.9 Å². The molecule has 0 saturated carbocycles. The fourth-order valence-corrected chi connectivity index (χ4v) is 4.03. The third kappa shape index (κ3) is 2.25. The van der Waals surface area contributed by atoms with E-state index in [4.69, 9.17) is 21.1 Å². The Morgan fingerprint density at radius 1 is 1.28 bits per heavy atom. The molecule has 94 valence electrons. The third-order valence-electron chi connectivity index (χ3n) is 2.75. The molecule has 0 spiro atoms. The zero-order chi connectivity index (χ0) is 12.5. The summed E-state index contributed by atoms with van der Waals surface area (Å²) < 4.78 is 12.6. The lowest BCUT2D eigenvalue weighted by Crippen LogP contribution is -2.32. The van der Waals surface area contributed by atoms with E-state index in [0.717, 1.165) is 20.8 Å². The molecule has 0 saturated heterocycles. The van der Waals surface area contributed by atoms with Crippen molar-refractivity contribution in [3.63, 3.8) is 0 Å². The summed E-state index contributed by atoms with van der Waals surface area (Å²) >= 11 is 11.6. The number of halogens is 2. The molecule has 2 nitrogen and oxygen atoms in total. The van der Waals surface area contributed by atoms with Gasteiger partial charge in [0.05, 0.1) is 0 Å². The summed E-state index contributed by atoms with van der Waals surface area (Å²) in [6.45, 7) is 0.468. The van der Waals surface area contributed by atoms with Crippen molar-refractivity contribution in [3.8, 4) is 11.5 Å². The molecular formula is C13H10BrClO2S. The highest BCUT2D eigenvalue weighted by Crippen LogP contribution is 2.40. The number of para-hydroxylation sites is 2. The van der Waals surface area contributed by atoms with Crippen LogP contribution in [-0.2, 0) is 0 Å². The van der Waals surface area contributed by atoms with Gasteiger partial charge in [-0.3, -0.25) is 0 Å². The molecule has 2 unspecified atom stereocenters. The van der Waals surface area contributed by atoms with Gasteiger partial charge in [0.25, 0.3) is 0 Å². The number of benzene rings is 1. The molecule has 0 amide bonds. The van der Waals surface area contributed by atoms with Crippen LogP contribution in [0.2, 0.25) is 0 Å². The summed E-state index contributed by atoms with van der Waals surface area (Å²) in [5, 5.41) is 1.79. The van der Waals surface area contributed by atoms with Gasteiger partial charge in [-0.2, -0.15) is 0 Å². The van der Waals surface area contributed by atoms with Gasteiger partial charge in [-0.25, -0.2) is 0 Å². The van der Waals surface area contributed by atoms with Crippen LogP contribution in [0.1, 0.15) is 10.3 Å². The number of ether oxygens (including phenoxy) is 2. The Kier molecular flexibility index (Phi) is 3.50. The average molecular weight is 346 g/mol. The lowest BCUT2D eigenvalue weighted by molar-refractivity contribution is 0.0882. The van der Waals surface area contributed by atoms with E-state index in [9.17, 15) is 0 Å². The molecule has 0 aliphatic carbocycles. The Balaban J connectivity index is 1.82. The van der Waals surface area contributed by atoms with Crippen molar-refractivity contribution in [2.75, 3.05) is 6.61 Å². The number of hydrogen-bond donors (Lipinski definition) is 0. The Hall–Kier alpha value is -0.710. The lowest BCUT2D eigenvalue weighted by atomic mass is 10.2. The Labute approximate surface area is 123 Å². The van der Waals surface area contributed by atoms with Crippen LogP contribution >= 0.6 is 38.9 Å². The maximum Gasteiger partial charge on any atom is 0.161 e. The van der Waals surface area contributed by atoms with Gasteiger partial charge in [0, 0.05) is 9.35 Å². The smallest absolute Gasteiger partial charge is 0.161 e. The van der Waals surface area contributed by atoms with Crippen molar-refractivity contribution < 1.29 is 9.47 Å². The maximum atomic E-state index is 6.47. The highest BCUT2D eigenvalue weighted by molar-refractivity contribution is 9.10. The van der Waals surface area contributed by atoms with E-state index in [1.165, 1.54) is 0 Å². The van der Waals surface area contributed by atoms with Gasteiger partial charge in [0.1, 0.15) is 12.0 Å². The van der Waals surface area contributed by atoms with Crippen molar-refractivity contribution >= 4 is 38.9 Å². The fraction of sp³-hybridized carbons (Fsp3) is 0.231. The number of alkyl halides is 1. The van der Waals surface area contributed by atoms with Crippen molar-refractivity contribution in [1.29, 1.82) is 0 Å². The first-order chi connectivity index (χ1) is 8.75. The van der Waals surface area contributed by atoms with Crippen LogP contribution in [0.15, 0.2) is 40.2 Å². The molecule has 2 atom stereocenters. The molecule has 1 aliphatic heterocycles. The molecule has 5 heteroatoms. The lowest BCUT2D eigenvalue weighted by Gasteiger charge is -2.29. The minimum atomic E-state index is -0.215. The van der Waals surface area contributed by atoms with E-state index >= 15 is 0 Å². The zero-order valence-electron chi connectivity index (χ0n) is 9.31. The second kappa shape index (κ2) is 5.11. The van der Waals surface area contributed by atoms with Crippen molar-refractivity contribution in [3.05, 3.63) is 45.1 Å². The van der Waals surface area contributed by atoms with Crippen molar-refractivity contribution in [2.24, 2.45) is 0 Å². The third-order valence-corrected chi connectivity index (χ3v) is 5.33. The van der Waals surface area contributed by atoms with Gasteiger partial charge in [0.2, 0.25) is 0 Å². The Morgan fingerprint density at radius 2 is 2.06 bits per heavy atom. The predicted octanol–water partition coefficient (Wildman–Crippen LogP) is 4.63. The molecule has 2 aromatic rings. The van der Waals surface area contributed by atoms with Gasteiger partial charge in [-0.05, 0) is 39.5 Å². The van der Waals surface area contributed by atoms with E-state index in [0.29, 0.717) is 6.61 Å². The standard InChI is InChI=1S/C13H10BrClO2S/c14-8-5-6-18-13(8)12(15)11-7-16-9-3-1-2-4-10(9)17-11/h1-6,11-12H,7H2. The Bertz CT molecular complexity index is 557. The van der Waals surface area contributed by atoms with E-state index in [-0.39, 0.29) is 11.5 Å². The van der Waals surface area contributed by atoms with Crippen molar-refractivity contribution in [2.45, 2.75) is 11.5 Å². The van der Waals surface area contributed by atoms with Gasteiger partial charge in [-0.1, -0.05) is 12.1 Å². The highest BCUT2D eigenvalue weighted by atomic mass is 79.9. The molecule has 0 radical (unpaired) electrons. The molecule has 3 rings (SSSR count). The van der Waals surface area contributed by atoms with Gasteiger partial charge in [0.15, 0.2) is 17.6 Å². The first-order valence-electron chi connectivity index (χ1n) is 5.51. The summed E-state index contributed by atoms with van der Waals surface area (Å²) in [6.07, 6.45) is -0.170. The molecule has 0 N–H and O–H groups in total.